The van der Waals surface area contributed by atoms with Gasteiger partial charge in [0.1, 0.15) is 0 Å². The Morgan fingerprint density at radius 1 is 1.11 bits per heavy atom. The Hall–Kier alpha value is -2.64. The first-order valence-electron chi connectivity index (χ1n) is 9.20. The molecule has 0 atom stereocenters. The molecule has 0 spiro atoms. The van der Waals surface area contributed by atoms with Crippen molar-refractivity contribution in [1.82, 2.24) is 14.8 Å². The standard InChI is InChI=1S/C21H24N4O2S/c1-3-16-9-11-18(12-10-16)22-19(26)15-28-21-24-23-20(25(21)13-14-27-2)17-7-5-4-6-8-17/h4-12H,3,13-15H2,1-2H3,(H,22,26). The van der Waals surface area contributed by atoms with E-state index in [9.17, 15) is 4.79 Å². The van der Waals surface area contributed by atoms with E-state index < -0.39 is 0 Å². The first-order valence-corrected chi connectivity index (χ1v) is 10.2. The van der Waals surface area contributed by atoms with Crippen LogP contribution in [0.5, 0.6) is 0 Å². The Bertz CT molecular complexity index is 895. The second kappa shape index (κ2) is 10.1. The fraction of sp³-hybridized carbons (Fsp3) is 0.286. The SMILES string of the molecule is CCc1ccc(NC(=O)CSc2nnc(-c3ccccc3)n2CCOC)cc1. The highest BCUT2D eigenvalue weighted by atomic mass is 32.2. The lowest BCUT2D eigenvalue weighted by Crippen LogP contribution is -2.15. The van der Waals surface area contributed by atoms with Crippen molar-refractivity contribution in [2.75, 3.05) is 24.8 Å². The van der Waals surface area contributed by atoms with Gasteiger partial charge in [-0.05, 0) is 24.1 Å². The van der Waals surface area contributed by atoms with E-state index in [0.29, 0.717) is 18.3 Å². The van der Waals surface area contributed by atoms with Gasteiger partial charge in [-0.1, -0.05) is 61.2 Å². The van der Waals surface area contributed by atoms with Crippen molar-refractivity contribution in [3.63, 3.8) is 0 Å². The number of anilines is 1. The van der Waals surface area contributed by atoms with Crippen molar-refractivity contribution in [3.8, 4) is 11.4 Å². The molecule has 2 aromatic carbocycles. The van der Waals surface area contributed by atoms with Gasteiger partial charge in [-0.15, -0.1) is 10.2 Å². The average Bonchev–Trinajstić information content (AvgIpc) is 3.14. The predicted molar refractivity (Wildman–Crippen MR) is 113 cm³/mol. The molecule has 0 saturated heterocycles. The lowest BCUT2D eigenvalue weighted by atomic mass is 10.1. The van der Waals surface area contributed by atoms with E-state index in [1.807, 2.05) is 59.2 Å². The molecule has 1 heterocycles. The molecular formula is C21H24N4O2S. The number of hydrogen-bond donors (Lipinski definition) is 1. The molecule has 1 amide bonds. The number of nitrogens with one attached hydrogen (secondary N) is 1. The molecule has 7 heteroatoms. The molecule has 3 rings (SSSR count). The maximum absolute atomic E-state index is 12.3. The monoisotopic (exact) mass is 396 g/mol. The topological polar surface area (TPSA) is 69.0 Å². The normalized spacial score (nSPS) is 10.8. The largest absolute Gasteiger partial charge is 0.383 e. The van der Waals surface area contributed by atoms with Gasteiger partial charge in [0.25, 0.3) is 0 Å². The molecule has 0 radical (unpaired) electrons. The number of methoxy groups -OCH3 is 1. The number of carbonyl (C=O) groups excluding carboxylic acids is 1. The molecular weight excluding hydrogens is 372 g/mol. The minimum atomic E-state index is -0.0724. The Labute approximate surface area is 169 Å². The van der Waals surface area contributed by atoms with Gasteiger partial charge in [-0.2, -0.15) is 0 Å². The van der Waals surface area contributed by atoms with Gasteiger partial charge in [0.05, 0.1) is 18.9 Å². The van der Waals surface area contributed by atoms with Crippen LogP contribution in [0.3, 0.4) is 0 Å². The second-order valence-corrected chi connectivity index (χ2v) is 7.15. The zero-order chi connectivity index (χ0) is 19.8. The Balaban J connectivity index is 1.67. The zero-order valence-electron chi connectivity index (χ0n) is 16.1. The summed E-state index contributed by atoms with van der Waals surface area (Å²) in [4.78, 5) is 12.3. The third-order valence-corrected chi connectivity index (χ3v) is 5.21. The maximum atomic E-state index is 12.3. The summed E-state index contributed by atoms with van der Waals surface area (Å²) in [7, 11) is 1.66. The Morgan fingerprint density at radius 3 is 2.54 bits per heavy atom. The van der Waals surface area contributed by atoms with Gasteiger partial charge in [-0.3, -0.25) is 9.36 Å². The number of thioether (sulfide) groups is 1. The minimum absolute atomic E-state index is 0.0724. The van der Waals surface area contributed by atoms with Gasteiger partial charge in [-0.25, -0.2) is 0 Å². The fourth-order valence-electron chi connectivity index (χ4n) is 2.73. The first kappa shape index (κ1) is 20.1. The van der Waals surface area contributed by atoms with Crippen LogP contribution in [0.1, 0.15) is 12.5 Å². The van der Waals surface area contributed by atoms with Crippen LogP contribution in [0.4, 0.5) is 5.69 Å². The van der Waals surface area contributed by atoms with Crippen LogP contribution in [0.2, 0.25) is 0 Å². The molecule has 0 unspecified atom stereocenters. The highest BCUT2D eigenvalue weighted by molar-refractivity contribution is 7.99. The van der Waals surface area contributed by atoms with Crippen molar-refractivity contribution >= 4 is 23.4 Å². The Kier molecular flexibility index (Phi) is 7.22. The van der Waals surface area contributed by atoms with Crippen LogP contribution in [-0.4, -0.2) is 40.1 Å². The molecule has 3 aromatic rings. The van der Waals surface area contributed by atoms with E-state index in [-0.39, 0.29) is 11.7 Å². The highest BCUT2D eigenvalue weighted by Crippen LogP contribution is 2.24. The molecule has 1 N–H and O–H groups in total. The lowest BCUT2D eigenvalue weighted by molar-refractivity contribution is -0.113. The van der Waals surface area contributed by atoms with Gasteiger partial charge >= 0.3 is 0 Å². The second-order valence-electron chi connectivity index (χ2n) is 6.20. The molecule has 0 aliphatic heterocycles. The number of benzene rings is 2. The summed E-state index contributed by atoms with van der Waals surface area (Å²) in [6.07, 6.45) is 0.977. The number of amides is 1. The van der Waals surface area contributed by atoms with Crippen LogP contribution >= 0.6 is 11.8 Å². The highest BCUT2D eigenvalue weighted by Gasteiger charge is 2.15. The van der Waals surface area contributed by atoms with E-state index in [4.69, 9.17) is 4.74 Å². The third kappa shape index (κ3) is 5.21. The molecule has 0 aliphatic rings. The number of nitrogens with zero attached hydrogens (tertiary/aromatic N) is 3. The zero-order valence-corrected chi connectivity index (χ0v) is 16.9. The van der Waals surface area contributed by atoms with Gasteiger partial charge in [0.15, 0.2) is 11.0 Å². The van der Waals surface area contributed by atoms with Crippen molar-refractivity contribution < 1.29 is 9.53 Å². The summed E-state index contributed by atoms with van der Waals surface area (Å²) in [6.45, 7) is 3.27. The van der Waals surface area contributed by atoms with Crippen molar-refractivity contribution in [1.29, 1.82) is 0 Å². The molecule has 1 aromatic heterocycles. The number of carbonyl (C=O) groups is 1. The predicted octanol–water partition coefficient (Wildman–Crippen LogP) is 3.88. The van der Waals surface area contributed by atoms with E-state index >= 15 is 0 Å². The first-order chi connectivity index (χ1) is 13.7. The van der Waals surface area contributed by atoms with Gasteiger partial charge in [0, 0.05) is 18.4 Å². The van der Waals surface area contributed by atoms with Crippen LogP contribution < -0.4 is 5.32 Å². The molecule has 6 nitrogen and oxygen atoms in total. The number of rotatable bonds is 9. The van der Waals surface area contributed by atoms with Gasteiger partial charge in [0.2, 0.25) is 5.91 Å². The van der Waals surface area contributed by atoms with Crippen molar-refractivity contribution in [3.05, 3.63) is 60.2 Å². The lowest BCUT2D eigenvalue weighted by Gasteiger charge is -2.10. The minimum Gasteiger partial charge on any atom is -0.383 e. The summed E-state index contributed by atoms with van der Waals surface area (Å²) < 4.78 is 7.21. The summed E-state index contributed by atoms with van der Waals surface area (Å²) in [5.74, 6) is 0.961. The maximum Gasteiger partial charge on any atom is 0.234 e. The van der Waals surface area contributed by atoms with E-state index in [0.717, 1.165) is 23.5 Å². The van der Waals surface area contributed by atoms with Crippen molar-refractivity contribution in [2.45, 2.75) is 25.0 Å². The summed E-state index contributed by atoms with van der Waals surface area (Å²) >= 11 is 1.37. The van der Waals surface area contributed by atoms with Crippen LogP contribution in [0, 0.1) is 0 Å². The molecule has 0 saturated carbocycles. The van der Waals surface area contributed by atoms with E-state index in [1.54, 1.807) is 7.11 Å². The molecule has 0 fully saturated rings. The summed E-state index contributed by atoms with van der Waals surface area (Å²) in [5.41, 5.74) is 3.03. The Morgan fingerprint density at radius 2 is 1.86 bits per heavy atom. The number of aromatic nitrogens is 3. The van der Waals surface area contributed by atoms with Crippen LogP contribution in [-0.2, 0) is 22.5 Å². The molecule has 28 heavy (non-hydrogen) atoms. The smallest absolute Gasteiger partial charge is 0.234 e. The summed E-state index contributed by atoms with van der Waals surface area (Å²) in [5, 5.41) is 12.2. The number of hydrogen-bond acceptors (Lipinski definition) is 5. The number of ether oxygens (including phenoxy) is 1. The van der Waals surface area contributed by atoms with E-state index in [2.05, 4.69) is 22.4 Å². The third-order valence-electron chi connectivity index (χ3n) is 4.25. The molecule has 146 valence electrons. The van der Waals surface area contributed by atoms with E-state index in [1.165, 1.54) is 17.3 Å². The number of aryl methyl sites for hydroxylation is 1. The molecule has 0 bridgehead atoms. The fourth-order valence-corrected chi connectivity index (χ4v) is 3.50. The van der Waals surface area contributed by atoms with Gasteiger partial charge < -0.3 is 10.1 Å². The average molecular weight is 397 g/mol. The molecule has 0 aliphatic carbocycles. The summed E-state index contributed by atoms with van der Waals surface area (Å²) in [6, 6.07) is 17.8. The van der Waals surface area contributed by atoms with Crippen LogP contribution in [0.15, 0.2) is 59.8 Å². The van der Waals surface area contributed by atoms with Crippen LogP contribution in [0.25, 0.3) is 11.4 Å². The van der Waals surface area contributed by atoms with Crippen molar-refractivity contribution in [2.24, 2.45) is 0 Å². The quantitative estimate of drug-likeness (QED) is 0.556.